The lowest BCUT2D eigenvalue weighted by Gasteiger charge is -2.13. The Morgan fingerprint density at radius 2 is 2.00 bits per heavy atom. The van der Waals surface area contributed by atoms with Crippen LogP contribution in [0.1, 0.15) is 11.1 Å². The Bertz CT molecular complexity index is 565. The van der Waals surface area contributed by atoms with Gasteiger partial charge in [0.25, 0.3) is 0 Å². The van der Waals surface area contributed by atoms with E-state index in [0.29, 0.717) is 5.56 Å². The van der Waals surface area contributed by atoms with Crippen LogP contribution in [0.4, 0.5) is 0 Å². The first kappa shape index (κ1) is 14.5. The van der Waals surface area contributed by atoms with Crippen molar-refractivity contribution in [1.29, 1.82) is 0 Å². The zero-order valence-corrected chi connectivity index (χ0v) is 11.2. The number of hydrogen-bond donors (Lipinski definition) is 2. The van der Waals surface area contributed by atoms with Gasteiger partial charge in [0.2, 0.25) is 10.0 Å². The molecule has 0 bridgehead atoms. The van der Waals surface area contributed by atoms with Gasteiger partial charge < -0.3 is 9.84 Å². The monoisotopic (exact) mass is 273 g/mol. The Balaban J connectivity index is 3.27. The molecule has 18 heavy (non-hydrogen) atoms. The minimum absolute atomic E-state index is 0.0521. The van der Waals surface area contributed by atoms with Crippen molar-refractivity contribution >= 4 is 16.0 Å². The summed E-state index contributed by atoms with van der Waals surface area (Å²) in [5, 5.41) is 8.50. The molecule has 0 aliphatic heterocycles. The molecule has 0 saturated heterocycles. The predicted octanol–water partition coefficient (Wildman–Crippen LogP) is 0.675. The summed E-state index contributed by atoms with van der Waals surface area (Å²) in [5.74, 6) is -1.03. The van der Waals surface area contributed by atoms with E-state index in [-0.39, 0.29) is 10.6 Å². The van der Waals surface area contributed by atoms with E-state index in [1.807, 2.05) is 4.72 Å². The van der Waals surface area contributed by atoms with Crippen molar-refractivity contribution in [1.82, 2.24) is 4.72 Å². The van der Waals surface area contributed by atoms with E-state index >= 15 is 0 Å². The number of methoxy groups -OCH3 is 1. The summed E-state index contributed by atoms with van der Waals surface area (Å²) < 4.78 is 31.0. The van der Waals surface area contributed by atoms with Gasteiger partial charge in [-0.2, -0.15) is 4.72 Å². The molecule has 7 heteroatoms. The van der Waals surface area contributed by atoms with E-state index < -0.39 is 22.5 Å². The minimum Gasteiger partial charge on any atom is -0.495 e. The standard InChI is InChI=1S/C11H15NO5S/c1-7-4-8(2)11(17-3)9(5-7)18(15,16)12-6-10(13)14/h4-5,12H,6H2,1-3H3,(H,13,14). The first-order valence-corrected chi connectivity index (χ1v) is 6.63. The summed E-state index contributed by atoms with van der Waals surface area (Å²) in [5.41, 5.74) is 1.43. The van der Waals surface area contributed by atoms with Gasteiger partial charge in [-0.25, -0.2) is 8.42 Å². The number of carbonyl (C=O) groups is 1. The van der Waals surface area contributed by atoms with Gasteiger partial charge in [-0.1, -0.05) is 6.07 Å². The normalized spacial score (nSPS) is 11.3. The van der Waals surface area contributed by atoms with Crippen LogP contribution in [0.5, 0.6) is 5.75 Å². The third-order valence-electron chi connectivity index (χ3n) is 2.29. The van der Waals surface area contributed by atoms with Gasteiger partial charge in [0.1, 0.15) is 17.2 Å². The topological polar surface area (TPSA) is 92.7 Å². The molecule has 0 heterocycles. The summed E-state index contributed by atoms with van der Waals surface area (Å²) >= 11 is 0. The molecule has 0 amide bonds. The van der Waals surface area contributed by atoms with Crippen LogP contribution in [0.25, 0.3) is 0 Å². The SMILES string of the molecule is COc1c(C)cc(C)cc1S(=O)(=O)NCC(=O)O. The smallest absolute Gasteiger partial charge is 0.318 e. The van der Waals surface area contributed by atoms with Crippen LogP contribution in [-0.4, -0.2) is 33.1 Å². The number of hydrogen-bond acceptors (Lipinski definition) is 4. The number of ether oxygens (including phenoxy) is 1. The fourth-order valence-corrected chi connectivity index (χ4v) is 2.91. The lowest BCUT2D eigenvalue weighted by molar-refractivity contribution is -0.135. The van der Waals surface area contributed by atoms with Gasteiger partial charge >= 0.3 is 5.97 Å². The van der Waals surface area contributed by atoms with Crippen molar-refractivity contribution in [2.45, 2.75) is 18.7 Å². The third-order valence-corrected chi connectivity index (χ3v) is 3.70. The highest BCUT2D eigenvalue weighted by molar-refractivity contribution is 7.89. The van der Waals surface area contributed by atoms with Crippen LogP contribution >= 0.6 is 0 Å². The fourth-order valence-electron chi connectivity index (χ4n) is 1.61. The largest absolute Gasteiger partial charge is 0.495 e. The number of aryl methyl sites for hydroxylation is 2. The molecular weight excluding hydrogens is 258 g/mol. The van der Waals surface area contributed by atoms with Gasteiger partial charge in [0, 0.05) is 0 Å². The molecule has 1 aromatic carbocycles. The Morgan fingerprint density at radius 1 is 1.39 bits per heavy atom. The van der Waals surface area contributed by atoms with E-state index in [4.69, 9.17) is 9.84 Å². The first-order chi connectivity index (χ1) is 8.27. The molecule has 0 atom stereocenters. The van der Waals surface area contributed by atoms with E-state index in [2.05, 4.69) is 0 Å². The summed E-state index contributed by atoms with van der Waals surface area (Å²) in [7, 11) is -2.53. The number of carboxylic acid groups (broad SMARTS) is 1. The van der Waals surface area contributed by atoms with Gasteiger partial charge in [-0.3, -0.25) is 4.79 Å². The predicted molar refractivity (Wildman–Crippen MR) is 65.3 cm³/mol. The molecule has 0 aliphatic rings. The number of nitrogens with one attached hydrogen (secondary N) is 1. The summed E-state index contributed by atoms with van der Waals surface area (Å²) in [6.45, 7) is 2.81. The quantitative estimate of drug-likeness (QED) is 0.822. The molecule has 0 aromatic heterocycles. The second-order valence-corrected chi connectivity index (χ2v) is 5.57. The molecule has 0 fully saturated rings. The minimum atomic E-state index is -3.90. The Morgan fingerprint density at radius 3 is 2.50 bits per heavy atom. The molecule has 1 rings (SSSR count). The Labute approximate surface area is 106 Å². The van der Waals surface area contributed by atoms with Crippen LogP contribution in [0.15, 0.2) is 17.0 Å². The number of rotatable bonds is 5. The molecule has 6 nitrogen and oxygen atoms in total. The van der Waals surface area contributed by atoms with E-state index in [0.717, 1.165) is 5.56 Å². The molecule has 0 aliphatic carbocycles. The second-order valence-electron chi connectivity index (χ2n) is 3.83. The van der Waals surface area contributed by atoms with Crippen molar-refractivity contribution in [3.05, 3.63) is 23.3 Å². The molecule has 2 N–H and O–H groups in total. The molecular formula is C11H15NO5S. The van der Waals surface area contributed by atoms with Gasteiger partial charge in [-0.15, -0.1) is 0 Å². The summed E-state index contributed by atoms with van der Waals surface area (Å²) in [6, 6.07) is 3.23. The van der Waals surface area contributed by atoms with Crippen LogP contribution in [0, 0.1) is 13.8 Å². The van der Waals surface area contributed by atoms with Crippen LogP contribution < -0.4 is 9.46 Å². The maximum atomic E-state index is 12.0. The molecule has 0 spiro atoms. The summed E-state index contributed by atoms with van der Waals surface area (Å²) in [6.07, 6.45) is 0. The zero-order chi connectivity index (χ0) is 13.9. The van der Waals surface area contributed by atoms with Gasteiger partial charge in [0.15, 0.2) is 0 Å². The summed E-state index contributed by atoms with van der Waals surface area (Å²) in [4.78, 5) is 10.4. The van der Waals surface area contributed by atoms with Crippen molar-refractivity contribution in [3.63, 3.8) is 0 Å². The maximum Gasteiger partial charge on any atom is 0.318 e. The Kier molecular flexibility index (Phi) is 4.31. The average molecular weight is 273 g/mol. The fraction of sp³-hybridized carbons (Fsp3) is 0.364. The number of sulfonamides is 1. The van der Waals surface area contributed by atoms with Crippen LogP contribution in [0.3, 0.4) is 0 Å². The van der Waals surface area contributed by atoms with Crippen molar-refractivity contribution in [2.24, 2.45) is 0 Å². The lowest BCUT2D eigenvalue weighted by Crippen LogP contribution is -2.29. The van der Waals surface area contributed by atoms with E-state index in [1.54, 1.807) is 19.9 Å². The maximum absolute atomic E-state index is 12.0. The van der Waals surface area contributed by atoms with E-state index in [1.165, 1.54) is 13.2 Å². The molecule has 0 saturated carbocycles. The highest BCUT2D eigenvalue weighted by Crippen LogP contribution is 2.28. The zero-order valence-electron chi connectivity index (χ0n) is 10.4. The van der Waals surface area contributed by atoms with Crippen molar-refractivity contribution in [3.8, 4) is 5.75 Å². The first-order valence-electron chi connectivity index (χ1n) is 5.14. The highest BCUT2D eigenvalue weighted by atomic mass is 32.2. The van der Waals surface area contributed by atoms with Crippen LogP contribution in [-0.2, 0) is 14.8 Å². The highest BCUT2D eigenvalue weighted by Gasteiger charge is 2.22. The Hall–Kier alpha value is -1.60. The second kappa shape index (κ2) is 5.36. The van der Waals surface area contributed by atoms with E-state index in [9.17, 15) is 13.2 Å². The van der Waals surface area contributed by atoms with Crippen molar-refractivity contribution in [2.75, 3.05) is 13.7 Å². The lowest BCUT2D eigenvalue weighted by atomic mass is 10.1. The number of benzene rings is 1. The van der Waals surface area contributed by atoms with Crippen LogP contribution in [0.2, 0.25) is 0 Å². The average Bonchev–Trinajstić information content (AvgIpc) is 2.25. The van der Waals surface area contributed by atoms with Gasteiger partial charge in [0.05, 0.1) is 7.11 Å². The van der Waals surface area contributed by atoms with Gasteiger partial charge in [-0.05, 0) is 31.0 Å². The third kappa shape index (κ3) is 3.21. The van der Waals surface area contributed by atoms with Crippen molar-refractivity contribution < 1.29 is 23.1 Å². The molecule has 0 unspecified atom stereocenters. The molecule has 0 radical (unpaired) electrons. The molecule has 100 valence electrons. The number of carboxylic acids is 1. The molecule has 1 aromatic rings. The number of aliphatic carboxylic acids is 1.